The second kappa shape index (κ2) is 45.4. The summed E-state index contributed by atoms with van der Waals surface area (Å²) in [5.41, 5.74) is 0. The molecule has 0 fully saturated rings. The average Bonchev–Trinajstić information content (AvgIpc) is 3.22. The summed E-state index contributed by atoms with van der Waals surface area (Å²) in [5.74, 6) is 1.66. The highest BCUT2D eigenvalue weighted by atomic mass is 16.6. The molecule has 0 aromatic heterocycles. The van der Waals surface area contributed by atoms with Crippen LogP contribution in [0.5, 0.6) is 0 Å². The fourth-order valence-electron chi connectivity index (χ4n) is 8.08. The van der Waals surface area contributed by atoms with E-state index in [2.05, 4.69) is 41.5 Å². The molecule has 6 heteroatoms. The van der Waals surface area contributed by atoms with E-state index >= 15 is 0 Å². The molecule has 0 aliphatic carbocycles. The topological polar surface area (TPSA) is 78.9 Å². The van der Waals surface area contributed by atoms with E-state index in [1.165, 1.54) is 173 Å². The zero-order valence-corrected chi connectivity index (χ0v) is 41.3. The first-order valence-electron chi connectivity index (χ1n) is 26.6. The van der Waals surface area contributed by atoms with Gasteiger partial charge in [0.25, 0.3) is 0 Å². The zero-order chi connectivity index (χ0) is 44.2. The number of hydrogen-bond acceptors (Lipinski definition) is 6. The number of carbonyl (C=O) groups is 3. The summed E-state index contributed by atoms with van der Waals surface area (Å²) < 4.78 is 16.8. The molecule has 0 rings (SSSR count). The quantitative estimate of drug-likeness (QED) is 0.0345. The van der Waals surface area contributed by atoms with Crippen molar-refractivity contribution >= 4 is 17.9 Å². The number of esters is 3. The Labute approximate surface area is 374 Å². The monoisotopic (exact) mass is 849 g/mol. The minimum absolute atomic E-state index is 0.0647. The summed E-state index contributed by atoms with van der Waals surface area (Å²) in [5, 5.41) is 0. The van der Waals surface area contributed by atoms with Crippen LogP contribution in [0.4, 0.5) is 0 Å². The second-order valence-corrected chi connectivity index (χ2v) is 19.7. The molecule has 0 aromatic carbocycles. The van der Waals surface area contributed by atoms with Gasteiger partial charge in [-0.3, -0.25) is 14.4 Å². The molecule has 6 nitrogen and oxygen atoms in total. The largest absolute Gasteiger partial charge is 0.462 e. The third-order valence-corrected chi connectivity index (χ3v) is 12.5. The average molecular weight is 849 g/mol. The maximum absolute atomic E-state index is 12.8. The maximum Gasteiger partial charge on any atom is 0.306 e. The van der Waals surface area contributed by atoms with Gasteiger partial charge in [-0.25, -0.2) is 0 Å². The lowest BCUT2D eigenvalue weighted by Gasteiger charge is -2.18. The van der Waals surface area contributed by atoms with Gasteiger partial charge in [-0.1, -0.05) is 253 Å². The van der Waals surface area contributed by atoms with Gasteiger partial charge in [-0.05, 0) is 37.0 Å². The van der Waals surface area contributed by atoms with Gasteiger partial charge in [-0.15, -0.1) is 0 Å². The molecule has 2 atom stereocenters. The van der Waals surface area contributed by atoms with E-state index < -0.39 is 6.10 Å². The minimum atomic E-state index is -0.763. The third kappa shape index (κ3) is 45.9. The van der Waals surface area contributed by atoms with E-state index in [4.69, 9.17) is 14.2 Å². The van der Waals surface area contributed by atoms with Gasteiger partial charge in [0.1, 0.15) is 13.2 Å². The van der Waals surface area contributed by atoms with Crippen LogP contribution in [-0.2, 0) is 28.6 Å². The van der Waals surface area contributed by atoms with Crippen LogP contribution in [-0.4, -0.2) is 37.2 Å². The van der Waals surface area contributed by atoms with Crippen molar-refractivity contribution < 1.29 is 28.6 Å². The summed E-state index contributed by atoms with van der Waals surface area (Å²) in [7, 11) is 0. The van der Waals surface area contributed by atoms with E-state index in [0.717, 1.165) is 75.5 Å². The Morgan fingerprint density at radius 3 is 0.867 bits per heavy atom. The molecule has 0 aliphatic heterocycles. The Kier molecular flexibility index (Phi) is 44.2. The van der Waals surface area contributed by atoms with E-state index in [-0.39, 0.29) is 31.1 Å². The SMILES string of the molecule is CCC(C)CCCCCCCCCCC(=O)OC[C@H](COC(=O)CCCCCCCCCCCCCC(C)C)OC(=O)CCCCCCCCCCCCCCCC(C)C. The smallest absolute Gasteiger partial charge is 0.306 e. The van der Waals surface area contributed by atoms with Gasteiger partial charge >= 0.3 is 17.9 Å². The molecule has 0 amide bonds. The van der Waals surface area contributed by atoms with Crippen LogP contribution in [0.15, 0.2) is 0 Å². The molecule has 0 heterocycles. The van der Waals surface area contributed by atoms with Crippen LogP contribution in [0.3, 0.4) is 0 Å². The molecule has 0 radical (unpaired) electrons. The van der Waals surface area contributed by atoms with Gasteiger partial charge in [0, 0.05) is 19.3 Å². The molecular weight excluding hydrogens is 745 g/mol. The first-order valence-corrected chi connectivity index (χ1v) is 26.6. The highest BCUT2D eigenvalue weighted by Gasteiger charge is 2.19. The van der Waals surface area contributed by atoms with Crippen LogP contribution in [0.1, 0.15) is 292 Å². The Morgan fingerprint density at radius 1 is 0.333 bits per heavy atom. The van der Waals surface area contributed by atoms with Crippen molar-refractivity contribution in [2.75, 3.05) is 13.2 Å². The van der Waals surface area contributed by atoms with Crippen LogP contribution in [0.2, 0.25) is 0 Å². The van der Waals surface area contributed by atoms with Crippen LogP contribution in [0.25, 0.3) is 0 Å². The first-order chi connectivity index (χ1) is 29.1. The maximum atomic E-state index is 12.8. The fourth-order valence-corrected chi connectivity index (χ4v) is 8.08. The Balaban J connectivity index is 4.33. The van der Waals surface area contributed by atoms with Crippen molar-refractivity contribution in [3.8, 4) is 0 Å². The van der Waals surface area contributed by atoms with Gasteiger partial charge in [-0.2, -0.15) is 0 Å². The number of rotatable bonds is 47. The van der Waals surface area contributed by atoms with Crippen molar-refractivity contribution in [2.24, 2.45) is 17.8 Å². The highest BCUT2D eigenvalue weighted by Crippen LogP contribution is 2.18. The van der Waals surface area contributed by atoms with Gasteiger partial charge < -0.3 is 14.2 Å². The number of unbranched alkanes of at least 4 members (excludes halogenated alkanes) is 29. The lowest BCUT2D eigenvalue weighted by atomic mass is 9.99. The van der Waals surface area contributed by atoms with E-state index in [1.807, 2.05) is 0 Å². The Bertz CT molecular complexity index is 931. The molecule has 0 spiro atoms. The number of ether oxygens (including phenoxy) is 3. The van der Waals surface area contributed by atoms with Gasteiger partial charge in [0.15, 0.2) is 6.10 Å². The molecule has 0 bridgehead atoms. The summed E-state index contributed by atoms with van der Waals surface area (Å²) in [6.45, 7) is 13.7. The predicted octanol–water partition coefficient (Wildman–Crippen LogP) is 17.2. The normalized spacial score (nSPS) is 12.6. The van der Waals surface area contributed by atoms with Crippen molar-refractivity contribution in [1.29, 1.82) is 0 Å². The number of hydrogen-bond donors (Lipinski definition) is 0. The molecule has 0 aliphatic rings. The Hall–Kier alpha value is -1.59. The lowest BCUT2D eigenvalue weighted by molar-refractivity contribution is -0.167. The molecule has 0 aromatic rings. The highest BCUT2D eigenvalue weighted by molar-refractivity contribution is 5.71. The zero-order valence-electron chi connectivity index (χ0n) is 41.3. The Morgan fingerprint density at radius 2 is 0.583 bits per heavy atom. The molecule has 356 valence electrons. The first kappa shape index (κ1) is 58.4. The van der Waals surface area contributed by atoms with E-state index in [0.29, 0.717) is 19.3 Å². The molecular formula is C54H104O6. The van der Waals surface area contributed by atoms with E-state index in [9.17, 15) is 14.4 Å². The van der Waals surface area contributed by atoms with Crippen LogP contribution in [0, 0.1) is 17.8 Å². The molecule has 1 unspecified atom stereocenters. The van der Waals surface area contributed by atoms with Crippen molar-refractivity contribution in [3.63, 3.8) is 0 Å². The van der Waals surface area contributed by atoms with Crippen LogP contribution < -0.4 is 0 Å². The third-order valence-electron chi connectivity index (χ3n) is 12.5. The summed E-state index contributed by atoms with van der Waals surface area (Å²) in [6, 6.07) is 0. The molecule has 0 N–H and O–H groups in total. The van der Waals surface area contributed by atoms with Gasteiger partial charge in [0.05, 0.1) is 0 Å². The molecule has 0 saturated carbocycles. The second-order valence-electron chi connectivity index (χ2n) is 19.7. The standard InChI is InChI=1S/C54H104O6/c1-7-50(6)42-36-30-24-20-21-26-32-38-44-53(56)59-47-51(46-58-52(55)43-37-31-25-18-15-11-13-17-23-29-35-41-49(4)5)60-54(57)45-39-33-27-19-14-10-8-9-12-16-22-28-34-40-48(2)3/h48-51H,7-47H2,1-6H3/t50?,51-/m0/s1. The van der Waals surface area contributed by atoms with Crippen molar-refractivity contribution in [1.82, 2.24) is 0 Å². The summed E-state index contributed by atoms with van der Waals surface area (Å²) in [6.07, 6.45) is 45.1. The minimum Gasteiger partial charge on any atom is -0.462 e. The lowest BCUT2D eigenvalue weighted by Crippen LogP contribution is -2.30. The summed E-state index contributed by atoms with van der Waals surface area (Å²) >= 11 is 0. The fraction of sp³-hybridized carbons (Fsp3) is 0.944. The van der Waals surface area contributed by atoms with E-state index in [1.54, 1.807) is 0 Å². The van der Waals surface area contributed by atoms with Gasteiger partial charge in [0.2, 0.25) is 0 Å². The summed E-state index contributed by atoms with van der Waals surface area (Å²) in [4.78, 5) is 38.0. The van der Waals surface area contributed by atoms with Crippen molar-refractivity contribution in [3.05, 3.63) is 0 Å². The number of carbonyl (C=O) groups excluding carboxylic acids is 3. The van der Waals surface area contributed by atoms with Crippen molar-refractivity contribution in [2.45, 2.75) is 298 Å². The van der Waals surface area contributed by atoms with Crippen LogP contribution >= 0.6 is 0 Å². The predicted molar refractivity (Wildman–Crippen MR) is 256 cm³/mol. The molecule has 0 saturated heterocycles. The molecule has 60 heavy (non-hydrogen) atoms.